The SMILES string of the molecule is CCCCCCC1(CCCCCC)c2cc(C)ccc2-c2ccc(-c3ccc4c(c3)C(c3ccccc3)=CN3C(=O)C5=C6c7ccc(C)cc7C(c7ccccc7)=CN6C(=O)C5=C43)cc21. The molecule has 6 aromatic carbocycles. The lowest BCUT2D eigenvalue weighted by Crippen LogP contribution is -2.28. The van der Waals surface area contributed by atoms with Crippen molar-refractivity contribution in [1.82, 2.24) is 9.80 Å². The van der Waals surface area contributed by atoms with Crippen LogP contribution in [0.4, 0.5) is 0 Å². The van der Waals surface area contributed by atoms with Gasteiger partial charge in [0, 0.05) is 40.1 Å². The molecular weight excluding hydrogens is 793 g/mol. The largest absolute Gasteiger partial charge is 0.282 e. The molecule has 11 rings (SSSR count). The van der Waals surface area contributed by atoms with Crippen molar-refractivity contribution in [2.24, 2.45) is 0 Å². The molecule has 0 bridgehead atoms. The highest BCUT2D eigenvalue weighted by Gasteiger charge is 2.51. The number of hydrogen-bond acceptors (Lipinski definition) is 2. The van der Waals surface area contributed by atoms with Gasteiger partial charge in [0.2, 0.25) is 0 Å². The Kier molecular flexibility index (Phi) is 10.3. The maximum Gasteiger partial charge on any atom is 0.265 e. The van der Waals surface area contributed by atoms with E-state index in [0.717, 1.165) is 68.5 Å². The van der Waals surface area contributed by atoms with Crippen LogP contribution in [0.15, 0.2) is 157 Å². The zero-order valence-electron chi connectivity index (χ0n) is 38.1. The first-order chi connectivity index (χ1) is 31.8. The third-order valence-electron chi connectivity index (χ3n) is 14.8. The Bertz CT molecular complexity index is 3060. The first-order valence-corrected chi connectivity index (χ1v) is 24.0. The molecule has 2 amide bonds. The molecule has 0 saturated carbocycles. The van der Waals surface area contributed by atoms with Gasteiger partial charge in [0.15, 0.2) is 0 Å². The highest BCUT2D eigenvalue weighted by atomic mass is 16.2. The van der Waals surface area contributed by atoms with Gasteiger partial charge in [0.1, 0.15) is 0 Å². The molecule has 0 unspecified atom stereocenters. The molecule has 65 heavy (non-hydrogen) atoms. The van der Waals surface area contributed by atoms with Crippen molar-refractivity contribution >= 4 is 34.4 Å². The smallest absolute Gasteiger partial charge is 0.265 e. The van der Waals surface area contributed by atoms with E-state index in [1.165, 1.54) is 84.7 Å². The maximum absolute atomic E-state index is 15.0. The number of carbonyl (C=O) groups excluding carboxylic acids is 2. The van der Waals surface area contributed by atoms with Crippen LogP contribution in [-0.4, -0.2) is 21.6 Å². The average Bonchev–Trinajstić information content (AvgIpc) is 3.90. The molecule has 5 aliphatic rings. The standard InChI is InChI=1S/C61H56N2O2/c1-5-7-9-17-31-61(32-18-10-8-6-2)53-34-40(4)23-27-45(53)46-29-25-44(36-54(46)61)43-26-30-48-50(35-43)52(42-21-15-12-16-22-42)38-63-58(48)56-55(59(63)64)57-47-28-24-39(3)33-49(47)51(37-62(57)60(56)65)41-19-13-11-14-20-41/h11-16,19-30,33-38H,5-10,17-18,31-32H2,1-4H3. The third kappa shape index (κ3) is 6.55. The van der Waals surface area contributed by atoms with Gasteiger partial charge in [0.05, 0.1) is 22.5 Å². The molecule has 0 spiro atoms. The lowest BCUT2D eigenvalue weighted by atomic mass is 9.70. The van der Waals surface area contributed by atoms with Crippen molar-refractivity contribution in [3.63, 3.8) is 0 Å². The van der Waals surface area contributed by atoms with E-state index < -0.39 is 0 Å². The van der Waals surface area contributed by atoms with Crippen molar-refractivity contribution in [2.75, 3.05) is 0 Å². The zero-order valence-corrected chi connectivity index (χ0v) is 38.1. The molecule has 4 heterocycles. The summed E-state index contributed by atoms with van der Waals surface area (Å²) in [5.41, 5.74) is 20.6. The van der Waals surface area contributed by atoms with Gasteiger partial charge in [-0.25, -0.2) is 0 Å². The summed E-state index contributed by atoms with van der Waals surface area (Å²) >= 11 is 0. The Balaban J connectivity index is 1.07. The highest BCUT2D eigenvalue weighted by molar-refractivity contribution is 6.32. The van der Waals surface area contributed by atoms with Gasteiger partial charge in [-0.05, 0) is 94.5 Å². The van der Waals surface area contributed by atoms with Crippen LogP contribution < -0.4 is 0 Å². The van der Waals surface area contributed by atoms with E-state index in [-0.39, 0.29) is 17.2 Å². The van der Waals surface area contributed by atoms with Crippen molar-refractivity contribution < 1.29 is 9.59 Å². The molecular formula is C61H56N2O2. The predicted molar refractivity (Wildman–Crippen MR) is 266 cm³/mol. The van der Waals surface area contributed by atoms with E-state index in [1.807, 2.05) is 36.7 Å². The lowest BCUT2D eigenvalue weighted by molar-refractivity contribution is -0.122. The molecule has 322 valence electrons. The summed E-state index contributed by atoms with van der Waals surface area (Å²) in [4.78, 5) is 33.5. The van der Waals surface area contributed by atoms with Crippen LogP contribution in [0.2, 0.25) is 0 Å². The van der Waals surface area contributed by atoms with Gasteiger partial charge in [-0.1, -0.05) is 198 Å². The maximum atomic E-state index is 15.0. The Morgan fingerprint density at radius 1 is 0.415 bits per heavy atom. The van der Waals surface area contributed by atoms with Gasteiger partial charge in [-0.3, -0.25) is 19.4 Å². The number of rotatable bonds is 13. The monoisotopic (exact) mass is 848 g/mol. The van der Waals surface area contributed by atoms with Gasteiger partial charge in [0.25, 0.3) is 11.8 Å². The predicted octanol–water partition coefficient (Wildman–Crippen LogP) is 14.8. The Morgan fingerprint density at radius 2 is 0.862 bits per heavy atom. The van der Waals surface area contributed by atoms with Crippen LogP contribution in [0, 0.1) is 13.8 Å². The van der Waals surface area contributed by atoms with E-state index in [4.69, 9.17) is 0 Å². The first kappa shape index (κ1) is 41.0. The molecule has 4 aliphatic heterocycles. The van der Waals surface area contributed by atoms with Crippen LogP contribution in [0.1, 0.15) is 134 Å². The Morgan fingerprint density at radius 3 is 1.40 bits per heavy atom. The van der Waals surface area contributed by atoms with Crippen LogP contribution in [0.3, 0.4) is 0 Å². The van der Waals surface area contributed by atoms with Crippen molar-refractivity contribution in [2.45, 2.75) is 97.3 Å². The van der Waals surface area contributed by atoms with Crippen LogP contribution in [-0.2, 0) is 15.0 Å². The Hall–Kier alpha value is -6.78. The summed E-state index contributed by atoms with van der Waals surface area (Å²) in [5, 5.41) is 0. The minimum Gasteiger partial charge on any atom is -0.282 e. The summed E-state index contributed by atoms with van der Waals surface area (Å²) in [6.45, 7) is 8.94. The van der Waals surface area contributed by atoms with Crippen LogP contribution in [0.5, 0.6) is 0 Å². The molecule has 0 aromatic heterocycles. The van der Waals surface area contributed by atoms with Crippen molar-refractivity contribution in [1.29, 1.82) is 0 Å². The van der Waals surface area contributed by atoms with Gasteiger partial charge in [-0.2, -0.15) is 0 Å². The molecule has 4 heteroatoms. The molecule has 0 atom stereocenters. The number of benzene rings is 6. The fraction of sp³-hybridized carbons (Fsp3) is 0.246. The fourth-order valence-corrected chi connectivity index (χ4v) is 11.6. The molecule has 0 fully saturated rings. The summed E-state index contributed by atoms with van der Waals surface area (Å²) in [6, 6.07) is 48.0. The van der Waals surface area contributed by atoms with E-state index in [2.05, 4.69) is 137 Å². The van der Waals surface area contributed by atoms with Crippen molar-refractivity contribution in [3.8, 4) is 22.3 Å². The summed E-state index contributed by atoms with van der Waals surface area (Å²) in [6.07, 6.45) is 16.2. The number of carbonyl (C=O) groups is 2. The average molecular weight is 849 g/mol. The molecule has 0 N–H and O–H groups in total. The molecule has 4 nitrogen and oxygen atoms in total. The van der Waals surface area contributed by atoms with Gasteiger partial charge >= 0.3 is 0 Å². The van der Waals surface area contributed by atoms with Crippen LogP contribution >= 0.6 is 0 Å². The second kappa shape index (κ2) is 16.3. The number of amides is 2. The number of hydrogen-bond donors (Lipinski definition) is 0. The summed E-state index contributed by atoms with van der Waals surface area (Å²) in [5.74, 6) is -0.343. The second-order valence-electron chi connectivity index (χ2n) is 18.9. The van der Waals surface area contributed by atoms with E-state index in [1.54, 1.807) is 9.80 Å². The van der Waals surface area contributed by atoms with E-state index >= 15 is 9.59 Å². The van der Waals surface area contributed by atoms with E-state index in [0.29, 0.717) is 22.5 Å². The molecule has 6 aromatic rings. The zero-order chi connectivity index (χ0) is 44.4. The quantitative estimate of drug-likeness (QED) is 0.109. The second-order valence-corrected chi connectivity index (χ2v) is 18.9. The minimum absolute atomic E-state index is 0.0281. The topological polar surface area (TPSA) is 40.6 Å². The van der Waals surface area contributed by atoms with Gasteiger partial charge in [-0.15, -0.1) is 0 Å². The highest BCUT2D eigenvalue weighted by Crippen LogP contribution is 2.57. The molecule has 1 aliphatic carbocycles. The first-order valence-electron chi connectivity index (χ1n) is 24.0. The Labute approximate surface area is 384 Å². The third-order valence-corrected chi connectivity index (χ3v) is 14.8. The number of nitrogens with zero attached hydrogens (tertiary/aromatic N) is 2. The summed E-state index contributed by atoms with van der Waals surface area (Å²) in [7, 11) is 0. The summed E-state index contributed by atoms with van der Waals surface area (Å²) < 4.78 is 0. The van der Waals surface area contributed by atoms with Gasteiger partial charge < -0.3 is 0 Å². The van der Waals surface area contributed by atoms with E-state index in [9.17, 15) is 0 Å². The van der Waals surface area contributed by atoms with Crippen molar-refractivity contribution in [3.05, 3.63) is 213 Å². The molecule has 0 saturated heterocycles. The normalized spacial score (nSPS) is 16.2. The lowest BCUT2D eigenvalue weighted by Gasteiger charge is -2.33. The number of unbranched alkanes of at least 4 members (excludes halogenated alkanes) is 6. The molecule has 0 radical (unpaired) electrons. The fourth-order valence-electron chi connectivity index (χ4n) is 11.6. The minimum atomic E-state index is -0.172. The number of aryl methyl sites for hydroxylation is 2. The number of fused-ring (bicyclic) bond motifs is 10. The van der Waals surface area contributed by atoms with Crippen LogP contribution in [0.25, 0.3) is 44.8 Å².